The molecule has 2 atom stereocenters. The Balaban J connectivity index is 2.10. The molecule has 0 aromatic heterocycles. The van der Waals surface area contributed by atoms with Crippen molar-refractivity contribution < 1.29 is 9.84 Å². The highest BCUT2D eigenvalue weighted by Crippen LogP contribution is 2.35. The Morgan fingerprint density at radius 1 is 1.14 bits per heavy atom. The molecule has 1 N–H and O–H groups in total. The van der Waals surface area contributed by atoms with Crippen molar-refractivity contribution in [2.24, 2.45) is 0 Å². The van der Waals surface area contributed by atoms with Crippen LogP contribution in [-0.4, -0.2) is 28.3 Å². The molecule has 0 aliphatic carbocycles. The third-order valence-electron chi connectivity index (χ3n) is 3.52. The average molecular weight is 362 g/mol. The molecule has 2 rings (SSSR count). The number of aryl methyl sites for hydroxylation is 1. The van der Waals surface area contributed by atoms with Gasteiger partial charge in [-0.05, 0) is 31.4 Å². The highest BCUT2D eigenvalue weighted by atomic mass is 35.5. The van der Waals surface area contributed by atoms with Gasteiger partial charge in [0.05, 0.1) is 5.38 Å². The summed E-state index contributed by atoms with van der Waals surface area (Å²) in [7, 11) is 0. The van der Waals surface area contributed by atoms with Crippen molar-refractivity contribution in [2.75, 3.05) is 12.5 Å². The van der Waals surface area contributed by atoms with E-state index in [1.54, 1.807) is 0 Å². The molecular weight excluding hydrogens is 343 g/mol. The summed E-state index contributed by atoms with van der Waals surface area (Å²) in [5, 5.41) is 11.6. The van der Waals surface area contributed by atoms with Crippen molar-refractivity contribution in [3.8, 4) is 11.5 Å². The van der Waals surface area contributed by atoms with Gasteiger partial charge in [-0.25, -0.2) is 0 Å². The maximum atomic E-state index is 10.1. The van der Waals surface area contributed by atoms with Gasteiger partial charge in [0.1, 0.15) is 18.1 Å². The summed E-state index contributed by atoms with van der Waals surface area (Å²) in [6.07, 6.45) is 1.37. The molecule has 2 aromatic carbocycles. The van der Waals surface area contributed by atoms with E-state index in [-0.39, 0.29) is 16.5 Å². The van der Waals surface area contributed by atoms with Crippen LogP contribution in [0.2, 0.25) is 0 Å². The van der Waals surface area contributed by atoms with E-state index in [0.29, 0.717) is 18.9 Å². The average Bonchev–Trinajstić information content (AvgIpc) is 2.49. The van der Waals surface area contributed by atoms with E-state index in [4.69, 9.17) is 39.5 Å². The van der Waals surface area contributed by atoms with E-state index in [2.05, 4.69) is 0 Å². The Morgan fingerprint density at radius 2 is 1.82 bits per heavy atom. The number of hydrogen-bond acceptors (Lipinski definition) is 2. The van der Waals surface area contributed by atoms with Crippen LogP contribution in [0.3, 0.4) is 0 Å². The predicted molar refractivity (Wildman–Crippen MR) is 95.1 cm³/mol. The van der Waals surface area contributed by atoms with Gasteiger partial charge in [-0.3, -0.25) is 0 Å². The Morgan fingerprint density at radius 3 is 2.50 bits per heavy atom. The lowest BCUT2D eigenvalue weighted by atomic mass is 10.0. The predicted octanol–water partition coefficient (Wildman–Crippen LogP) is 5.47. The number of fused-ring (bicyclic) bond motifs is 1. The number of aromatic hydroxyl groups is 1. The van der Waals surface area contributed by atoms with Crippen molar-refractivity contribution in [1.29, 1.82) is 0 Å². The molecule has 0 aliphatic rings. The topological polar surface area (TPSA) is 29.5 Å². The number of alkyl halides is 3. The van der Waals surface area contributed by atoms with Gasteiger partial charge in [-0.15, -0.1) is 34.8 Å². The number of phenols is 1. The van der Waals surface area contributed by atoms with Crippen molar-refractivity contribution in [2.45, 2.75) is 30.5 Å². The molecule has 22 heavy (non-hydrogen) atoms. The Labute approximate surface area is 145 Å². The van der Waals surface area contributed by atoms with E-state index in [9.17, 15) is 5.11 Å². The second-order valence-corrected chi connectivity index (χ2v) is 6.92. The first-order chi connectivity index (χ1) is 10.5. The van der Waals surface area contributed by atoms with E-state index in [0.717, 1.165) is 28.5 Å². The highest BCUT2D eigenvalue weighted by molar-refractivity contribution is 6.24. The lowest BCUT2D eigenvalue weighted by Crippen LogP contribution is -2.17. The zero-order valence-corrected chi connectivity index (χ0v) is 14.6. The molecule has 0 fully saturated rings. The highest BCUT2D eigenvalue weighted by Gasteiger charge is 2.15. The quantitative estimate of drug-likeness (QED) is 0.663. The first-order valence-electron chi connectivity index (χ1n) is 7.21. The van der Waals surface area contributed by atoms with Gasteiger partial charge in [0, 0.05) is 22.0 Å². The zero-order valence-electron chi connectivity index (χ0n) is 12.4. The lowest BCUT2D eigenvalue weighted by molar-refractivity contribution is 0.312. The van der Waals surface area contributed by atoms with Crippen molar-refractivity contribution in [3.63, 3.8) is 0 Å². The minimum atomic E-state index is -0.182. The standard InChI is InChI=1S/C17H19Cl3O2/c1-11-8-16(14-4-2-3-5-15(14)17(11)21)22-10-13(20)9-12(19)6-7-18/h2-5,8,12-13,21H,6-7,9-10H2,1H3. The van der Waals surface area contributed by atoms with Gasteiger partial charge < -0.3 is 9.84 Å². The third-order valence-corrected chi connectivity index (χ3v) is 4.44. The summed E-state index contributed by atoms with van der Waals surface area (Å²) < 4.78 is 5.86. The summed E-state index contributed by atoms with van der Waals surface area (Å²) in [6, 6.07) is 9.43. The molecular formula is C17H19Cl3O2. The lowest BCUT2D eigenvalue weighted by Gasteiger charge is -2.16. The van der Waals surface area contributed by atoms with Gasteiger partial charge in [-0.1, -0.05) is 24.3 Å². The minimum absolute atomic E-state index is 0.0399. The molecule has 2 nitrogen and oxygen atoms in total. The van der Waals surface area contributed by atoms with Crippen LogP contribution < -0.4 is 4.74 Å². The van der Waals surface area contributed by atoms with E-state index >= 15 is 0 Å². The van der Waals surface area contributed by atoms with Crippen LogP contribution >= 0.6 is 34.8 Å². The summed E-state index contributed by atoms with van der Waals surface area (Å²) >= 11 is 18.1. The minimum Gasteiger partial charge on any atom is -0.507 e. The number of benzene rings is 2. The van der Waals surface area contributed by atoms with Gasteiger partial charge in [-0.2, -0.15) is 0 Å². The van der Waals surface area contributed by atoms with E-state index in [1.807, 2.05) is 37.3 Å². The Hall–Kier alpha value is -0.830. The molecule has 0 bridgehead atoms. The fourth-order valence-corrected chi connectivity index (χ4v) is 3.41. The number of phenolic OH excluding ortho intramolecular Hbond substituents is 1. The van der Waals surface area contributed by atoms with Crippen LogP contribution in [0.1, 0.15) is 18.4 Å². The van der Waals surface area contributed by atoms with Gasteiger partial charge in [0.15, 0.2) is 0 Å². The van der Waals surface area contributed by atoms with E-state index < -0.39 is 0 Å². The summed E-state index contributed by atoms with van der Waals surface area (Å²) in [5.41, 5.74) is 0.775. The molecule has 2 unspecified atom stereocenters. The van der Waals surface area contributed by atoms with Crippen LogP contribution in [0.4, 0.5) is 0 Å². The number of rotatable bonds is 7. The summed E-state index contributed by atoms with van der Waals surface area (Å²) in [6.45, 7) is 2.21. The molecule has 2 aromatic rings. The third kappa shape index (κ3) is 4.34. The molecule has 0 heterocycles. The first kappa shape index (κ1) is 17.5. The van der Waals surface area contributed by atoms with Gasteiger partial charge in [0.2, 0.25) is 0 Å². The maximum absolute atomic E-state index is 10.1. The van der Waals surface area contributed by atoms with Gasteiger partial charge in [0.25, 0.3) is 0 Å². The molecule has 0 spiro atoms. The molecule has 5 heteroatoms. The van der Waals surface area contributed by atoms with Crippen LogP contribution in [0.25, 0.3) is 10.8 Å². The number of halogens is 3. The fourth-order valence-electron chi connectivity index (χ4n) is 2.34. The molecule has 0 aliphatic heterocycles. The van der Waals surface area contributed by atoms with Crippen LogP contribution in [0.5, 0.6) is 11.5 Å². The smallest absolute Gasteiger partial charge is 0.127 e. The molecule has 0 radical (unpaired) electrons. The second kappa shape index (κ2) is 8.14. The van der Waals surface area contributed by atoms with E-state index in [1.165, 1.54) is 0 Å². The molecule has 0 saturated heterocycles. The maximum Gasteiger partial charge on any atom is 0.127 e. The van der Waals surface area contributed by atoms with Crippen LogP contribution in [0, 0.1) is 6.92 Å². The largest absolute Gasteiger partial charge is 0.507 e. The number of hydrogen-bond donors (Lipinski definition) is 1. The van der Waals surface area contributed by atoms with Crippen LogP contribution in [0.15, 0.2) is 30.3 Å². The summed E-state index contributed by atoms with van der Waals surface area (Å²) in [5.74, 6) is 1.54. The normalized spacial score (nSPS) is 14.0. The van der Waals surface area contributed by atoms with Gasteiger partial charge >= 0.3 is 0 Å². The van der Waals surface area contributed by atoms with Crippen molar-refractivity contribution in [3.05, 3.63) is 35.9 Å². The molecule has 0 amide bonds. The first-order valence-corrected chi connectivity index (χ1v) is 8.62. The van der Waals surface area contributed by atoms with Crippen molar-refractivity contribution in [1.82, 2.24) is 0 Å². The molecule has 0 saturated carbocycles. The number of ether oxygens (including phenoxy) is 1. The fraction of sp³-hybridized carbons (Fsp3) is 0.412. The van der Waals surface area contributed by atoms with Crippen molar-refractivity contribution >= 4 is 45.6 Å². The SMILES string of the molecule is Cc1cc(OCC(Cl)CC(Cl)CCCl)c2ccccc2c1O. The Kier molecular flexibility index (Phi) is 6.49. The molecule has 120 valence electrons. The summed E-state index contributed by atoms with van der Waals surface area (Å²) in [4.78, 5) is 0. The second-order valence-electron chi connectivity index (χ2n) is 5.30. The zero-order chi connectivity index (χ0) is 16.1. The monoisotopic (exact) mass is 360 g/mol. The Bertz CT molecular complexity index is 631. The van der Waals surface area contributed by atoms with Crippen LogP contribution in [-0.2, 0) is 0 Å².